The van der Waals surface area contributed by atoms with E-state index in [4.69, 9.17) is 6.42 Å². The molecule has 0 atom stereocenters. The van der Waals surface area contributed by atoms with Gasteiger partial charge in [0.05, 0.1) is 4.92 Å². The lowest BCUT2D eigenvalue weighted by Gasteiger charge is -2.49. The third kappa shape index (κ3) is 2.23. The predicted molar refractivity (Wildman–Crippen MR) is 88.9 cm³/mol. The first-order chi connectivity index (χ1) is 11.8. The van der Waals surface area contributed by atoms with Crippen LogP contribution >= 0.6 is 0 Å². The van der Waals surface area contributed by atoms with E-state index in [1.165, 1.54) is 12.1 Å². The maximum absolute atomic E-state index is 12.9. The smallest absolute Gasteiger partial charge is 0.285 e. The molecule has 6 heteroatoms. The van der Waals surface area contributed by atoms with Crippen molar-refractivity contribution >= 4 is 23.0 Å². The van der Waals surface area contributed by atoms with Gasteiger partial charge in [-0.15, -0.1) is 6.42 Å². The Morgan fingerprint density at radius 1 is 1.16 bits per heavy atom. The van der Waals surface area contributed by atoms with Crippen LogP contribution in [0.25, 0.3) is 0 Å². The molecule has 4 rings (SSSR count). The van der Waals surface area contributed by atoms with Crippen molar-refractivity contribution in [1.82, 2.24) is 0 Å². The van der Waals surface area contributed by atoms with E-state index in [1.807, 2.05) is 6.92 Å². The van der Waals surface area contributed by atoms with Gasteiger partial charge in [0.1, 0.15) is 5.56 Å². The topological polar surface area (TPSA) is 94.3 Å². The van der Waals surface area contributed by atoms with E-state index >= 15 is 0 Å². The summed E-state index contributed by atoms with van der Waals surface area (Å²) in [5.74, 6) is 0.864. The number of hydrogen-bond donors (Lipinski definition) is 0. The van der Waals surface area contributed by atoms with Crippen LogP contribution in [0.15, 0.2) is 18.2 Å². The van der Waals surface area contributed by atoms with Crippen molar-refractivity contribution < 1.29 is 19.3 Å². The number of fused-ring (bicyclic) bond motifs is 3. The van der Waals surface area contributed by atoms with E-state index in [9.17, 15) is 24.5 Å². The van der Waals surface area contributed by atoms with Gasteiger partial charge in [0, 0.05) is 25.3 Å². The lowest BCUT2D eigenvalue weighted by molar-refractivity contribution is -0.385. The molecule has 0 radical (unpaired) electrons. The number of hydrogen-bond acceptors (Lipinski definition) is 5. The molecule has 25 heavy (non-hydrogen) atoms. The zero-order valence-electron chi connectivity index (χ0n) is 13.8. The zero-order chi connectivity index (χ0) is 18.4. The van der Waals surface area contributed by atoms with Crippen LogP contribution < -0.4 is 0 Å². The average molecular weight is 339 g/mol. The van der Waals surface area contributed by atoms with Crippen LogP contribution in [-0.2, 0) is 19.8 Å². The Bertz CT molecular complexity index is 813. The Morgan fingerprint density at radius 3 is 2.16 bits per heavy atom. The van der Waals surface area contributed by atoms with E-state index in [-0.39, 0.29) is 36.1 Å². The molecule has 3 fully saturated rings. The summed E-state index contributed by atoms with van der Waals surface area (Å²) in [6, 6.07) is 3.83. The maximum atomic E-state index is 12.9. The lowest BCUT2D eigenvalue weighted by atomic mass is 9.49. The SMILES string of the molecule is C#Cc1ccc(C23C(=O)CC(CCC)(CC2=O)CC3=O)cc1[N+](=O)[O-]. The van der Waals surface area contributed by atoms with Gasteiger partial charge in [-0.1, -0.05) is 25.3 Å². The van der Waals surface area contributed by atoms with E-state index in [0.717, 1.165) is 12.5 Å². The van der Waals surface area contributed by atoms with Crippen LogP contribution in [0.2, 0.25) is 0 Å². The number of carbonyl (C=O) groups excluding carboxylic acids is 3. The van der Waals surface area contributed by atoms with Crippen LogP contribution in [0.5, 0.6) is 0 Å². The van der Waals surface area contributed by atoms with Crippen molar-refractivity contribution in [1.29, 1.82) is 0 Å². The van der Waals surface area contributed by atoms with Crippen molar-refractivity contribution in [3.05, 3.63) is 39.4 Å². The van der Waals surface area contributed by atoms with Gasteiger partial charge in [-0.05, 0) is 23.5 Å². The minimum Gasteiger partial charge on any atom is -0.298 e. The highest BCUT2D eigenvalue weighted by Gasteiger charge is 2.65. The minimum atomic E-state index is -1.90. The number of Topliss-reactive ketones (excluding diaryl/α,β-unsaturated/α-hetero) is 3. The summed E-state index contributed by atoms with van der Waals surface area (Å²) in [6.07, 6.45) is 7.16. The third-order valence-electron chi connectivity index (χ3n) is 5.42. The molecule has 0 aliphatic heterocycles. The fourth-order valence-corrected chi connectivity index (χ4v) is 4.39. The van der Waals surface area contributed by atoms with Crippen LogP contribution in [0.1, 0.15) is 50.2 Å². The second kappa shape index (κ2) is 5.62. The second-order valence-corrected chi connectivity index (χ2v) is 6.93. The van der Waals surface area contributed by atoms with Gasteiger partial charge >= 0.3 is 0 Å². The molecular formula is C19H17NO5. The summed E-state index contributed by atoms with van der Waals surface area (Å²) < 4.78 is 0. The summed E-state index contributed by atoms with van der Waals surface area (Å²) in [5.41, 5.74) is -2.73. The monoisotopic (exact) mass is 339 g/mol. The fourth-order valence-electron chi connectivity index (χ4n) is 4.39. The van der Waals surface area contributed by atoms with Crippen molar-refractivity contribution in [2.45, 2.75) is 44.4 Å². The number of nitrogens with zero attached hydrogens (tertiary/aromatic N) is 1. The molecule has 0 unspecified atom stereocenters. The second-order valence-electron chi connectivity index (χ2n) is 6.93. The van der Waals surface area contributed by atoms with Crippen molar-refractivity contribution in [3.63, 3.8) is 0 Å². The highest BCUT2D eigenvalue weighted by Crippen LogP contribution is 2.54. The van der Waals surface area contributed by atoms with Gasteiger partial charge in [0.15, 0.2) is 22.8 Å². The van der Waals surface area contributed by atoms with Crippen LogP contribution in [0.4, 0.5) is 5.69 Å². The molecular weight excluding hydrogens is 322 g/mol. The van der Waals surface area contributed by atoms with Gasteiger partial charge in [-0.3, -0.25) is 24.5 Å². The highest BCUT2D eigenvalue weighted by atomic mass is 16.6. The Morgan fingerprint density at radius 2 is 1.72 bits per heavy atom. The van der Waals surface area contributed by atoms with Crippen LogP contribution in [-0.4, -0.2) is 22.3 Å². The van der Waals surface area contributed by atoms with Gasteiger partial charge in [-0.25, -0.2) is 0 Å². The van der Waals surface area contributed by atoms with Crippen molar-refractivity contribution in [3.8, 4) is 12.3 Å². The number of terminal acetylenes is 1. The number of benzene rings is 1. The highest BCUT2D eigenvalue weighted by molar-refractivity contribution is 6.33. The Balaban J connectivity index is 2.17. The first-order valence-corrected chi connectivity index (χ1v) is 8.16. The first kappa shape index (κ1) is 17.0. The molecule has 1 aromatic carbocycles. The third-order valence-corrected chi connectivity index (χ3v) is 5.42. The van der Waals surface area contributed by atoms with Crippen molar-refractivity contribution in [2.75, 3.05) is 0 Å². The Hall–Kier alpha value is -2.81. The molecule has 0 aromatic heterocycles. The molecule has 3 saturated carbocycles. The lowest BCUT2D eigenvalue weighted by Crippen LogP contribution is -2.63. The van der Waals surface area contributed by atoms with E-state index in [1.54, 1.807) is 0 Å². The Labute approximate surface area is 144 Å². The number of carbonyl (C=O) groups is 3. The normalized spacial score (nSPS) is 28.1. The minimum absolute atomic E-state index is 0.0458. The summed E-state index contributed by atoms with van der Waals surface area (Å²) in [4.78, 5) is 49.2. The fraction of sp³-hybridized carbons (Fsp3) is 0.421. The largest absolute Gasteiger partial charge is 0.298 e. The van der Waals surface area contributed by atoms with Gasteiger partial charge in [-0.2, -0.15) is 0 Å². The van der Waals surface area contributed by atoms with Crippen molar-refractivity contribution in [2.24, 2.45) is 5.41 Å². The summed E-state index contributed by atoms with van der Waals surface area (Å²) in [5, 5.41) is 11.3. The zero-order valence-corrected chi connectivity index (χ0v) is 13.8. The number of ketones is 3. The molecule has 0 spiro atoms. The molecule has 6 nitrogen and oxygen atoms in total. The molecule has 3 aliphatic carbocycles. The van der Waals surface area contributed by atoms with Gasteiger partial charge in [0.2, 0.25) is 0 Å². The predicted octanol–water partition coefficient (Wildman–Crippen LogP) is 2.51. The van der Waals surface area contributed by atoms with E-state index in [0.29, 0.717) is 6.42 Å². The summed E-state index contributed by atoms with van der Waals surface area (Å²) in [6.45, 7) is 1.95. The maximum Gasteiger partial charge on any atom is 0.285 e. The molecule has 2 bridgehead atoms. The number of rotatable bonds is 4. The molecule has 1 aromatic rings. The molecule has 0 heterocycles. The Kier molecular flexibility index (Phi) is 3.83. The molecule has 0 amide bonds. The van der Waals surface area contributed by atoms with E-state index in [2.05, 4.69) is 5.92 Å². The van der Waals surface area contributed by atoms with Gasteiger partial charge in [0.25, 0.3) is 5.69 Å². The van der Waals surface area contributed by atoms with Crippen LogP contribution in [0.3, 0.4) is 0 Å². The molecule has 0 N–H and O–H groups in total. The van der Waals surface area contributed by atoms with Crippen LogP contribution in [0, 0.1) is 27.9 Å². The average Bonchev–Trinajstić information content (AvgIpc) is 2.53. The van der Waals surface area contributed by atoms with E-state index < -0.39 is 33.1 Å². The molecule has 128 valence electrons. The number of nitro benzene ring substituents is 1. The summed E-state index contributed by atoms with van der Waals surface area (Å²) in [7, 11) is 0. The standard InChI is InChI=1S/C19H17NO5/c1-3-7-18-9-15(21)19(16(22)10-18,17(23)11-18)13-6-5-12(4-2)14(8-13)20(24)25/h2,5-6,8H,3,7,9-11H2,1H3. The number of nitro groups is 1. The molecule has 0 saturated heterocycles. The molecule has 3 aliphatic rings. The summed E-state index contributed by atoms with van der Waals surface area (Å²) >= 11 is 0. The quantitative estimate of drug-likeness (QED) is 0.363. The van der Waals surface area contributed by atoms with Gasteiger partial charge < -0.3 is 0 Å². The first-order valence-electron chi connectivity index (χ1n) is 8.16.